The molecule has 2 aromatic carbocycles. The van der Waals surface area contributed by atoms with Crippen molar-refractivity contribution >= 4 is 17.2 Å². The topological polar surface area (TPSA) is 90.5 Å². The molecule has 0 saturated heterocycles. The Morgan fingerprint density at radius 1 is 1.09 bits per heavy atom. The van der Waals surface area contributed by atoms with Gasteiger partial charge in [0.25, 0.3) is 5.88 Å². The van der Waals surface area contributed by atoms with Crippen LogP contribution in [0.5, 0.6) is 11.6 Å². The van der Waals surface area contributed by atoms with Crippen molar-refractivity contribution in [1.82, 2.24) is 19.2 Å². The van der Waals surface area contributed by atoms with Gasteiger partial charge >= 0.3 is 5.69 Å². The van der Waals surface area contributed by atoms with Crippen LogP contribution in [0, 0.1) is 0 Å². The number of amides is 1. The van der Waals surface area contributed by atoms with Crippen LogP contribution in [0.4, 0.5) is 5.69 Å². The molecule has 4 rings (SSSR count). The second-order valence-electron chi connectivity index (χ2n) is 7.79. The number of aromatic nitrogens is 4. The highest BCUT2D eigenvalue weighted by atomic mass is 16.5. The number of benzene rings is 2. The molecule has 0 radical (unpaired) electrons. The fourth-order valence-electron chi connectivity index (χ4n) is 3.29. The number of hydrogen-bond acceptors (Lipinski definition) is 5. The maximum absolute atomic E-state index is 12.7. The van der Waals surface area contributed by atoms with Crippen LogP contribution in [0.25, 0.3) is 5.65 Å². The first-order chi connectivity index (χ1) is 15.4. The number of rotatable bonds is 7. The van der Waals surface area contributed by atoms with E-state index in [2.05, 4.69) is 36.2 Å². The van der Waals surface area contributed by atoms with Gasteiger partial charge in [-0.3, -0.25) is 4.79 Å². The first kappa shape index (κ1) is 21.3. The standard InChI is InChI=1S/C24H25N5O3/c1-4-17-5-9-19(10-6-17)26-21(30)15-29-24(31)28-14-13-25-23(22(28)27-29)32-20-11-7-18(8-12-20)16(2)3/h5-14,16H,4,15H2,1-3H3,(H,26,30). The molecule has 164 valence electrons. The summed E-state index contributed by atoms with van der Waals surface area (Å²) in [6, 6.07) is 15.3. The molecule has 0 atom stereocenters. The largest absolute Gasteiger partial charge is 0.436 e. The van der Waals surface area contributed by atoms with E-state index in [1.165, 1.54) is 27.9 Å². The second-order valence-corrected chi connectivity index (χ2v) is 7.79. The third kappa shape index (κ3) is 4.54. The zero-order chi connectivity index (χ0) is 22.7. The number of carbonyl (C=O) groups excluding carboxylic acids is 1. The predicted molar refractivity (Wildman–Crippen MR) is 122 cm³/mol. The van der Waals surface area contributed by atoms with Crippen molar-refractivity contribution in [1.29, 1.82) is 0 Å². The van der Waals surface area contributed by atoms with E-state index in [-0.39, 0.29) is 24.0 Å². The molecule has 0 aliphatic heterocycles. The Bertz CT molecular complexity index is 1290. The summed E-state index contributed by atoms with van der Waals surface area (Å²) in [6.07, 6.45) is 3.88. The zero-order valence-corrected chi connectivity index (χ0v) is 18.3. The molecule has 0 spiro atoms. The smallest absolute Gasteiger partial charge is 0.351 e. The molecule has 1 amide bonds. The molecule has 0 unspecified atom stereocenters. The van der Waals surface area contributed by atoms with Crippen molar-refractivity contribution in [2.45, 2.75) is 39.7 Å². The summed E-state index contributed by atoms with van der Waals surface area (Å²) in [5.74, 6) is 0.844. The average molecular weight is 431 g/mol. The highest BCUT2D eigenvalue weighted by molar-refractivity contribution is 5.90. The molecule has 8 nitrogen and oxygen atoms in total. The van der Waals surface area contributed by atoms with E-state index in [1.807, 2.05) is 48.5 Å². The number of hydrogen-bond donors (Lipinski definition) is 1. The van der Waals surface area contributed by atoms with Crippen molar-refractivity contribution in [2.24, 2.45) is 0 Å². The van der Waals surface area contributed by atoms with Crippen molar-refractivity contribution in [3.63, 3.8) is 0 Å². The lowest BCUT2D eigenvalue weighted by Crippen LogP contribution is -2.28. The van der Waals surface area contributed by atoms with E-state index in [0.29, 0.717) is 17.4 Å². The molecule has 1 N–H and O–H groups in total. The SMILES string of the molecule is CCc1ccc(NC(=O)Cn2nc3c(Oc4ccc(C(C)C)cc4)nccn3c2=O)cc1. The minimum Gasteiger partial charge on any atom is -0.436 e. The number of nitrogens with one attached hydrogen (secondary N) is 1. The Morgan fingerprint density at radius 3 is 2.47 bits per heavy atom. The Balaban J connectivity index is 1.54. The van der Waals surface area contributed by atoms with Crippen LogP contribution in [0.3, 0.4) is 0 Å². The number of anilines is 1. The van der Waals surface area contributed by atoms with Crippen molar-refractivity contribution in [3.05, 3.63) is 82.5 Å². The molecule has 2 aromatic heterocycles. The lowest BCUT2D eigenvalue weighted by atomic mass is 10.0. The predicted octanol–water partition coefficient (Wildman–Crippen LogP) is 4.01. The average Bonchev–Trinajstić information content (AvgIpc) is 3.11. The Morgan fingerprint density at radius 2 is 1.81 bits per heavy atom. The first-order valence-corrected chi connectivity index (χ1v) is 10.6. The third-order valence-corrected chi connectivity index (χ3v) is 5.17. The normalized spacial score (nSPS) is 11.1. The summed E-state index contributed by atoms with van der Waals surface area (Å²) >= 11 is 0. The van der Waals surface area contributed by atoms with Crippen LogP contribution in [0.15, 0.2) is 65.7 Å². The highest BCUT2D eigenvalue weighted by Crippen LogP contribution is 2.24. The van der Waals surface area contributed by atoms with Crippen molar-refractivity contribution in [3.8, 4) is 11.6 Å². The third-order valence-electron chi connectivity index (χ3n) is 5.17. The molecule has 0 bridgehead atoms. The lowest BCUT2D eigenvalue weighted by molar-refractivity contribution is -0.117. The van der Waals surface area contributed by atoms with Gasteiger partial charge in [0.2, 0.25) is 11.6 Å². The summed E-state index contributed by atoms with van der Waals surface area (Å²) in [6.45, 7) is 6.08. The molecule has 0 saturated carbocycles. The van der Waals surface area contributed by atoms with Gasteiger partial charge in [0.15, 0.2) is 0 Å². The van der Waals surface area contributed by atoms with Gasteiger partial charge in [0.1, 0.15) is 12.3 Å². The number of aryl methyl sites for hydroxylation is 1. The maximum Gasteiger partial charge on any atom is 0.351 e. The highest BCUT2D eigenvalue weighted by Gasteiger charge is 2.16. The van der Waals surface area contributed by atoms with Gasteiger partial charge in [-0.25, -0.2) is 18.9 Å². The van der Waals surface area contributed by atoms with Crippen LogP contribution in [0.2, 0.25) is 0 Å². The summed E-state index contributed by atoms with van der Waals surface area (Å²) in [5.41, 5.74) is 2.83. The van der Waals surface area contributed by atoms with E-state index in [0.717, 1.165) is 11.1 Å². The summed E-state index contributed by atoms with van der Waals surface area (Å²) in [5, 5.41) is 7.07. The van der Waals surface area contributed by atoms with Crippen molar-refractivity contribution in [2.75, 3.05) is 5.32 Å². The van der Waals surface area contributed by atoms with Crippen molar-refractivity contribution < 1.29 is 9.53 Å². The quantitative estimate of drug-likeness (QED) is 0.478. The lowest BCUT2D eigenvalue weighted by Gasteiger charge is -2.08. The van der Waals surface area contributed by atoms with Gasteiger partial charge in [-0.2, -0.15) is 0 Å². The number of fused-ring (bicyclic) bond motifs is 1. The second kappa shape index (κ2) is 9.05. The van der Waals surface area contributed by atoms with Crippen LogP contribution in [-0.4, -0.2) is 25.1 Å². The first-order valence-electron chi connectivity index (χ1n) is 10.6. The molecular formula is C24H25N5O3. The molecule has 0 aliphatic rings. The van der Waals surface area contributed by atoms with Gasteiger partial charge in [0.05, 0.1) is 0 Å². The maximum atomic E-state index is 12.7. The minimum absolute atomic E-state index is 0.191. The van der Waals surface area contributed by atoms with Crippen LogP contribution in [0.1, 0.15) is 37.8 Å². The Hall–Kier alpha value is -3.94. The van der Waals surface area contributed by atoms with Gasteiger partial charge in [-0.1, -0.05) is 45.0 Å². The fraction of sp³-hybridized carbons (Fsp3) is 0.250. The van der Waals surface area contributed by atoms with Crippen LogP contribution in [-0.2, 0) is 17.8 Å². The summed E-state index contributed by atoms with van der Waals surface area (Å²) < 4.78 is 8.28. The number of nitrogens with zero attached hydrogens (tertiary/aromatic N) is 4. The van der Waals surface area contributed by atoms with E-state index in [1.54, 1.807) is 0 Å². The van der Waals surface area contributed by atoms with Gasteiger partial charge < -0.3 is 10.1 Å². The van der Waals surface area contributed by atoms with Crippen LogP contribution < -0.4 is 15.7 Å². The number of ether oxygens (including phenoxy) is 1. The molecule has 2 heterocycles. The van der Waals surface area contributed by atoms with E-state index >= 15 is 0 Å². The van der Waals surface area contributed by atoms with Gasteiger partial charge in [-0.15, -0.1) is 5.10 Å². The minimum atomic E-state index is -0.445. The fourth-order valence-corrected chi connectivity index (χ4v) is 3.29. The van der Waals surface area contributed by atoms with Crippen LogP contribution >= 0.6 is 0 Å². The molecule has 0 aliphatic carbocycles. The van der Waals surface area contributed by atoms with Gasteiger partial charge in [0, 0.05) is 18.1 Å². The molecule has 4 aromatic rings. The van der Waals surface area contributed by atoms with E-state index in [4.69, 9.17) is 4.74 Å². The summed E-state index contributed by atoms with van der Waals surface area (Å²) in [7, 11) is 0. The Kier molecular flexibility index (Phi) is 6.02. The van der Waals surface area contributed by atoms with E-state index in [9.17, 15) is 9.59 Å². The zero-order valence-electron chi connectivity index (χ0n) is 18.3. The summed E-state index contributed by atoms with van der Waals surface area (Å²) in [4.78, 5) is 29.4. The Labute approximate surface area is 185 Å². The van der Waals surface area contributed by atoms with E-state index < -0.39 is 5.69 Å². The molecule has 8 heteroatoms. The molecule has 32 heavy (non-hydrogen) atoms. The van der Waals surface area contributed by atoms with Gasteiger partial charge in [-0.05, 0) is 47.7 Å². The molecular weight excluding hydrogens is 406 g/mol. The monoisotopic (exact) mass is 431 g/mol. The number of carbonyl (C=O) groups is 1. The molecule has 0 fully saturated rings.